The number of guanidine groups is 1. The topological polar surface area (TPSA) is 36.4 Å². The molecule has 0 fully saturated rings. The Morgan fingerprint density at radius 2 is 2.00 bits per heavy atom. The third-order valence-corrected chi connectivity index (χ3v) is 1.90. The Bertz CT molecular complexity index is 237. The van der Waals surface area contributed by atoms with E-state index in [4.69, 9.17) is 0 Å². The number of hydrogen-bond donors (Lipinski definition) is 2. The minimum absolute atomic E-state index is 0.119. The Hall–Kier alpha value is -1.20. The highest BCUT2D eigenvalue weighted by Gasteiger charge is 2.25. The van der Waals surface area contributed by atoms with Gasteiger partial charge >= 0.3 is 6.18 Å². The van der Waals surface area contributed by atoms with Crippen molar-refractivity contribution in [2.75, 3.05) is 19.6 Å². The number of unbranched alkanes of at least 4 members (excludes halogenated alkanes) is 1. The van der Waals surface area contributed by atoms with E-state index in [0.29, 0.717) is 32.0 Å². The monoisotopic (exact) mass is 251 g/mol. The first kappa shape index (κ1) is 15.8. The Labute approximate surface area is 100 Å². The van der Waals surface area contributed by atoms with Crippen molar-refractivity contribution < 1.29 is 13.2 Å². The number of nitrogens with one attached hydrogen (secondary N) is 2. The predicted molar refractivity (Wildman–Crippen MR) is 64.1 cm³/mol. The van der Waals surface area contributed by atoms with E-state index in [1.165, 1.54) is 0 Å². The molecule has 0 amide bonds. The Morgan fingerprint density at radius 1 is 1.29 bits per heavy atom. The second kappa shape index (κ2) is 8.90. The molecule has 0 saturated carbocycles. The van der Waals surface area contributed by atoms with E-state index in [0.717, 1.165) is 0 Å². The van der Waals surface area contributed by atoms with Crippen molar-refractivity contribution in [2.45, 2.75) is 32.4 Å². The molecule has 0 bridgehead atoms. The van der Waals surface area contributed by atoms with Crippen LogP contribution in [0.15, 0.2) is 17.6 Å². The number of rotatable bonds is 7. The van der Waals surface area contributed by atoms with E-state index >= 15 is 0 Å². The summed E-state index contributed by atoms with van der Waals surface area (Å²) in [5.74, 6) is 0.611. The Kier molecular flexibility index (Phi) is 8.27. The summed E-state index contributed by atoms with van der Waals surface area (Å²) in [6.07, 6.45) is -2.55. The summed E-state index contributed by atoms with van der Waals surface area (Å²) in [5, 5.41) is 5.97. The van der Waals surface area contributed by atoms with Gasteiger partial charge in [-0.05, 0) is 19.8 Å². The summed E-state index contributed by atoms with van der Waals surface area (Å²) in [5.41, 5.74) is 0. The summed E-state index contributed by atoms with van der Waals surface area (Å²) >= 11 is 0. The number of aliphatic imine (C=N–C) groups is 1. The SMILES string of the molecule is C=CCNC(=NCCCCC(F)(F)F)NCC. The van der Waals surface area contributed by atoms with Gasteiger partial charge in [-0.3, -0.25) is 4.99 Å². The molecule has 0 spiro atoms. The number of alkyl halides is 3. The van der Waals surface area contributed by atoms with Gasteiger partial charge in [0.2, 0.25) is 0 Å². The van der Waals surface area contributed by atoms with Gasteiger partial charge in [0.25, 0.3) is 0 Å². The molecule has 6 heteroatoms. The van der Waals surface area contributed by atoms with Crippen LogP contribution < -0.4 is 10.6 Å². The first-order valence-electron chi connectivity index (χ1n) is 5.69. The lowest BCUT2D eigenvalue weighted by Gasteiger charge is -2.09. The molecular formula is C11H20F3N3. The molecule has 0 aromatic heterocycles. The molecule has 0 unspecified atom stereocenters. The molecule has 0 radical (unpaired) electrons. The molecular weight excluding hydrogens is 231 g/mol. The molecule has 0 atom stereocenters. The normalized spacial score (nSPS) is 12.4. The molecule has 0 rings (SSSR count). The zero-order valence-corrected chi connectivity index (χ0v) is 10.1. The van der Waals surface area contributed by atoms with Crippen molar-refractivity contribution in [2.24, 2.45) is 4.99 Å². The standard InChI is InChI=1S/C11H20F3N3/c1-3-8-16-10(15-4-2)17-9-6-5-7-11(12,13)14/h3H,1,4-9H2,2H3,(H2,15,16,17). The van der Waals surface area contributed by atoms with E-state index in [1.807, 2.05) is 6.92 Å². The first-order valence-corrected chi connectivity index (χ1v) is 5.69. The van der Waals surface area contributed by atoms with Gasteiger partial charge in [-0.15, -0.1) is 6.58 Å². The second-order valence-corrected chi connectivity index (χ2v) is 3.50. The minimum Gasteiger partial charge on any atom is -0.357 e. The molecule has 0 aromatic carbocycles. The van der Waals surface area contributed by atoms with E-state index in [9.17, 15) is 13.2 Å². The predicted octanol–water partition coefficient (Wildman–Crippen LogP) is 2.46. The van der Waals surface area contributed by atoms with Crippen LogP contribution in [0.1, 0.15) is 26.2 Å². The molecule has 0 aliphatic carbocycles. The van der Waals surface area contributed by atoms with Gasteiger partial charge in [-0.25, -0.2) is 0 Å². The van der Waals surface area contributed by atoms with E-state index in [2.05, 4.69) is 22.2 Å². The van der Waals surface area contributed by atoms with Crippen LogP contribution in [0.3, 0.4) is 0 Å². The van der Waals surface area contributed by atoms with Gasteiger partial charge in [0.05, 0.1) is 0 Å². The summed E-state index contributed by atoms with van der Waals surface area (Å²) < 4.78 is 35.6. The maximum Gasteiger partial charge on any atom is 0.389 e. The first-order chi connectivity index (χ1) is 7.99. The van der Waals surface area contributed by atoms with Crippen molar-refractivity contribution in [3.63, 3.8) is 0 Å². The van der Waals surface area contributed by atoms with Crippen molar-refractivity contribution in [3.8, 4) is 0 Å². The molecule has 0 saturated heterocycles. The molecule has 0 aromatic rings. The lowest BCUT2D eigenvalue weighted by Crippen LogP contribution is -2.37. The van der Waals surface area contributed by atoms with Crippen molar-refractivity contribution in [3.05, 3.63) is 12.7 Å². The van der Waals surface area contributed by atoms with Crippen LogP contribution in [0.5, 0.6) is 0 Å². The highest BCUT2D eigenvalue weighted by Crippen LogP contribution is 2.21. The van der Waals surface area contributed by atoms with Crippen molar-refractivity contribution in [1.82, 2.24) is 10.6 Å². The molecule has 100 valence electrons. The molecule has 0 heterocycles. The van der Waals surface area contributed by atoms with Crippen LogP contribution in [0, 0.1) is 0 Å². The molecule has 0 aliphatic rings. The molecule has 2 N–H and O–H groups in total. The van der Waals surface area contributed by atoms with E-state index < -0.39 is 12.6 Å². The fourth-order valence-electron chi connectivity index (χ4n) is 1.14. The minimum atomic E-state index is -4.06. The van der Waals surface area contributed by atoms with Gasteiger partial charge in [0.1, 0.15) is 0 Å². The van der Waals surface area contributed by atoms with Crippen LogP contribution in [0.4, 0.5) is 13.2 Å². The van der Waals surface area contributed by atoms with Gasteiger partial charge in [0.15, 0.2) is 5.96 Å². The third-order valence-electron chi connectivity index (χ3n) is 1.90. The smallest absolute Gasteiger partial charge is 0.357 e. The number of hydrogen-bond acceptors (Lipinski definition) is 1. The quantitative estimate of drug-likeness (QED) is 0.315. The van der Waals surface area contributed by atoms with Crippen LogP contribution in [0.2, 0.25) is 0 Å². The lowest BCUT2D eigenvalue weighted by atomic mass is 10.2. The zero-order valence-electron chi connectivity index (χ0n) is 10.1. The molecule has 17 heavy (non-hydrogen) atoms. The van der Waals surface area contributed by atoms with Crippen LogP contribution in [-0.4, -0.2) is 31.8 Å². The Balaban J connectivity index is 3.79. The largest absolute Gasteiger partial charge is 0.389 e. The van der Waals surface area contributed by atoms with Crippen molar-refractivity contribution in [1.29, 1.82) is 0 Å². The van der Waals surface area contributed by atoms with Crippen LogP contribution in [-0.2, 0) is 0 Å². The Morgan fingerprint density at radius 3 is 2.53 bits per heavy atom. The average molecular weight is 251 g/mol. The third kappa shape index (κ3) is 11.1. The highest BCUT2D eigenvalue weighted by atomic mass is 19.4. The zero-order chi connectivity index (χ0) is 13.1. The fourth-order valence-corrected chi connectivity index (χ4v) is 1.14. The van der Waals surface area contributed by atoms with Crippen molar-refractivity contribution >= 4 is 5.96 Å². The number of halogens is 3. The average Bonchev–Trinajstić information content (AvgIpc) is 2.23. The van der Waals surface area contributed by atoms with E-state index in [-0.39, 0.29) is 6.42 Å². The maximum atomic E-state index is 11.9. The lowest BCUT2D eigenvalue weighted by molar-refractivity contribution is -0.135. The summed E-state index contributed by atoms with van der Waals surface area (Å²) in [6, 6.07) is 0. The summed E-state index contributed by atoms with van der Waals surface area (Å²) in [7, 11) is 0. The van der Waals surface area contributed by atoms with Gasteiger partial charge < -0.3 is 10.6 Å². The van der Waals surface area contributed by atoms with Gasteiger partial charge in [0, 0.05) is 26.1 Å². The summed E-state index contributed by atoms with van der Waals surface area (Å²) in [6.45, 7) is 7.17. The summed E-state index contributed by atoms with van der Waals surface area (Å²) in [4.78, 5) is 4.15. The van der Waals surface area contributed by atoms with Crippen LogP contribution >= 0.6 is 0 Å². The number of nitrogens with zero attached hydrogens (tertiary/aromatic N) is 1. The van der Waals surface area contributed by atoms with Crippen LogP contribution in [0.25, 0.3) is 0 Å². The van der Waals surface area contributed by atoms with Gasteiger partial charge in [-0.2, -0.15) is 13.2 Å². The van der Waals surface area contributed by atoms with E-state index in [1.54, 1.807) is 6.08 Å². The molecule has 0 aliphatic heterocycles. The fraction of sp³-hybridized carbons (Fsp3) is 0.727. The maximum absolute atomic E-state index is 11.9. The molecule has 3 nitrogen and oxygen atoms in total. The second-order valence-electron chi connectivity index (χ2n) is 3.50. The van der Waals surface area contributed by atoms with Gasteiger partial charge in [-0.1, -0.05) is 6.08 Å². The highest BCUT2D eigenvalue weighted by molar-refractivity contribution is 5.79.